The number of aliphatic hydroxyl groups is 1. The second kappa shape index (κ2) is 11.9. The minimum absolute atomic E-state index is 0.0299. The Morgan fingerprint density at radius 3 is 2.40 bits per heavy atom. The zero-order valence-corrected chi connectivity index (χ0v) is 24.1. The minimum Gasteiger partial charge on any atom is -0.507 e. The highest BCUT2D eigenvalue weighted by atomic mass is 32.1. The largest absolute Gasteiger partial charge is 0.507 e. The van der Waals surface area contributed by atoms with Crippen LogP contribution in [0.3, 0.4) is 0 Å². The van der Waals surface area contributed by atoms with Gasteiger partial charge in [0.2, 0.25) is 0 Å². The number of aliphatic hydroxyl groups excluding tert-OH is 1. The first kappa shape index (κ1) is 29.1. The summed E-state index contributed by atoms with van der Waals surface area (Å²) in [6, 6.07) is 18.4. The minimum atomic E-state index is -1.19. The van der Waals surface area contributed by atoms with E-state index in [2.05, 4.69) is 4.98 Å². The van der Waals surface area contributed by atoms with Crippen LogP contribution in [-0.2, 0) is 20.9 Å². The molecule has 43 heavy (non-hydrogen) atoms. The van der Waals surface area contributed by atoms with Gasteiger partial charge in [0, 0.05) is 17.7 Å². The van der Waals surface area contributed by atoms with E-state index in [9.17, 15) is 29.6 Å². The van der Waals surface area contributed by atoms with Crippen molar-refractivity contribution in [2.45, 2.75) is 26.5 Å². The summed E-state index contributed by atoms with van der Waals surface area (Å²) in [6.07, 6.45) is 0. The van der Waals surface area contributed by atoms with Crippen molar-refractivity contribution < 1.29 is 33.9 Å². The van der Waals surface area contributed by atoms with E-state index < -0.39 is 34.4 Å². The van der Waals surface area contributed by atoms with Gasteiger partial charge < -0.3 is 14.6 Å². The lowest BCUT2D eigenvalue weighted by atomic mass is 9.95. The van der Waals surface area contributed by atoms with Gasteiger partial charge in [-0.2, -0.15) is 0 Å². The monoisotopic (exact) mass is 599 g/mol. The van der Waals surface area contributed by atoms with Gasteiger partial charge in [0.15, 0.2) is 5.13 Å². The summed E-state index contributed by atoms with van der Waals surface area (Å²) >= 11 is 0.856. The second-order valence-corrected chi connectivity index (χ2v) is 10.7. The maximum atomic E-state index is 13.4. The summed E-state index contributed by atoms with van der Waals surface area (Å²) in [5.41, 5.74) is 2.52. The average molecular weight is 600 g/mol. The molecule has 4 aromatic rings. The normalized spacial score (nSPS) is 15.9. The number of benzene rings is 3. The summed E-state index contributed by atoms with van der Waals surface area (Å²) in [7, 11) is 1.21. The van der Waals surface area contributed by atoms with Crippen LogP contribution in [0.5, 0.6) is 5.75 Å². The number of aromatic nitrogens is 1. The quantitative estimate of drug-likeness (QED) is 0.0676. The molecule has 1 amide bonds. The maximum Gasteiger partial charge on any atom is 0.350 e. The Morgan fingerprint density at radius 2 is 1.77 bits per heavy atom. The number of hydrogen-bond acceptors (Lipinski definition) is 10. The predicted molar refractivity (Wildman–Crippen MR) is 158 cm³/mol. The number of ketones is 1. The Bertz CT molecular complexity index is 1780. The molecule has 1 aliphatic rings. The SMILES string of the molecule is COC(=O)c1sc(N2C(=O)C(=O)/C(=C(/O)c3ccc(OCc4cccc(C)c4)cc3)C2c2ccc([N+](=O)[O-])cc2)nc1C. The maximum absolute atomic E-state index is 13.4. The number of non-ortho nitro benzene ring substituents is 1. The number of methoxy groups -OCH3 is 1. The van der Waals surface area contributed by atoms with Gasteiger partial charge in [-0.15, -0.1) is 0 Å². The summed E-state index contributed by atoms with van der Waals surface area (Å²) in [5.74, 6) is -2.54. The van der Waals surface area contributed by atoms with E-state index in [1.807, 2.05) is 31.2 Å². The highest BCUT2D eigenvalue weighted by molar-refractivity contribution is 7.17. The number of esters is 1. The van der Waals surface area contributed by atoms with E-state index >= 15 is 0 Å². The zero-order valence-electron chi connectivity index (χ0n) is 23.3. The molecular formula is C31H25N3O8S. The van der Waals surface area contributed by atoms with Crippen LogP contribution in [0.4, 0.5) is 10.8 Å². The van der Waals surface area contributed by atoms with E-state index in [4.69, 9.17) is 9.47 Å². The Kier molecular flexibility index (Phi) is 8.04. The van der Waals surface area contributed by atoms with Crippen LogP contribution >= 0.6 is 11.3 Å². The smallest absolute Gasteiger partial charge is 0.350 e. The van der Waals surface area contributed by atoms with Gasteiger partial charge in [0.25, 0.3) is 11.5 Å². The lowest BCUT2D eigenvalue weighted by molar-refractivity contribution is -0.384. The fourth-order valence-corrected chi connectivity index (χ4v) is 5.74. The predicted octanol–water partition coefficient (Wildman–Crippen LogP) is 5.66. The number of thiazole rings is 1. The molecule has 1 saturated heterocycles. The van der Waals surface area contributed by atoms with Crippen molar-refractivity contribution in [2.75, 3.05) is 12.0 Å². The highest BCUT2D eigenvalue weighted by Gasteiger charge is 2.48. The summed E-state index contributed by atoms with van der Waals surface area (Å²) in [5, 5.41) is 22.7. The molecule has 0 aliphatic carbocycles. The number of nitrogens with zero attached hydrogens (tertiary/aromatic N) is 3. The fourth-order valence-electron chi connectivity index (χ4n) is 4.72. The molecule has 218 valence electrons. The molecule has 11 nitrogen and oxygen atoms in total. The molecule has 12 heteroatoms. The molecule has 5 rings (SSSR count). The molecule has 3 aromatic carbocycles. The molecule has 1 atom stereocenters. The lowest BCUT2D eigenvalue weighted by Crippen LogP contribution is -2.29. The molecule has 0 saturated carbocycles. The van der Waals surface area contributed by atoms with Crippen molar-refractivity contribution >= 4 is 45.6 Å². The van der Waals surface area contributed by atoms with Crippen molar-refractivity contribution in [2.24, 2.45) is 0 Å². The van der Waals surface area contributed by atoms with Gasteiger partial charge in [-0.25, -0.2) is 9.78 Å². The molecule has 1 N–H and O–H groups in total. The van der Waals surface area contributed by atoms with Gasteiger partial charge in [0.1, 0.15) is 23.0 Å². The van der Waals surface area contributed by atoms with Crippen LogP contribution in [-0.4, -0.2) is 39.8 Å². The van der Waals surface area contributed by atoms with Crippen molar-refractivity contribution in [3.05, 3.63) is 121 Å². The molecule has 1 aliphatic heterocycles. The molecule has 2 heterocycles. The van der Waals surface area contributed by atoms with Crippen LogP contribution in [0.2, 0.25) is 0 Å². The number of nitro groups is 1. The Balaban J connectivity index is 1.54. The first-order valence-electron chi connectivity index (χ1n) is 13.0. The van der Waals surface area contributed by atoms with E-state index in [1.54, 1.807) is 31.2 Å². The Morgan fingerprint density at radius 1 is 1.07 bits per heavy atom. The van der Waals surface area contributed by atoms with Gasteiger partial charge in [-0.05, 0) is 61.4 Å². The number of Topliss-reactive ketones (excluding diaryl/α,β-unsaturated/α-hetero) is 1. The molecular weight excluding hydrogens is 574 g/mol. The van der Waals surface area contributed by atoms with Gasteiger partial charge in [0.05, 0.1) is 29.3 Å². The number of hydrogen-bond donors (Lipinski definition) is 1. The lowest BCUT2D eigenvalue weighted by Gasteiger charge is -2.23. The molecule has 0 radical (unpaired) electrons. The summed E-state index contributed by atoms with van der Waals surface area (Å²) < 4.78 is 10.7. The first-order valence-corrected chi connectivity index (χ1v) is 13.8. The highest BCUT2D eigenvalue weighted by Crippen LogP contribution is 2.44. The van der Waals surface area contributed by atoms with Gasteiger partial charge in [-0.1, -0.05) is 41.2 Å². The summed E-state index contributed by atoms with van der Waals surface area (Å²) in [6.45, 7) is 3.88. The Labute approximate surface area is 249 Å². The van der Waals surface area contributed by atoms with Crippen LogP contribution in [0.1, 0.15) is 43.7 Å². The molecule has 0 bridgehead atoms. The van der Waals surface area contributed by atoms with Crippen LogP contribution < -0.4 is 9.64 Å². The van der Waals surface area contributed by atoms with Crippen LogP contribution in [0.25, 0.3) is 5.76 Å². The number of ether oxygens (including phenoxy) is 2. The van der Waals surface area contributed by atoms with Crippen molar-refractivity contribution in [3.8, 4) is 5.75 Å². The molecule has 1 unspecified atom stereocenters. The number of carbonyl (C=O) groups is 3. The summed E-state index contributed by atoms with van der Waals surface area (Å²) in [4.78, 5) is 55.4. The Hall–Kier alpha value is -5.36. The third kappa shape index (κ3) is 5.72. The van der Waals surface area contributed by atoms with E-state index in [0.717, 1.165) is 27.4 Å². The van der Waals surface area contributed by atoms with Gasteiger partial charge >= 0.3 is 11.9 Å². The standard InChI is InChI=1S/C31H25N3O8S/c1-17-5-4-6-19(15-17)16-42-23-13-9-21(10-14-23)26(35)24-25(20-7-11-22(12-8-20)34(39)40)33(29(37)27(24)36)31-32-18(2)28(43-31)30(38)41-3/h4-15,25,35H,16H2,1-3H3/b26-24+. The molecule has 1 aromatic heterocycles. The fraction of sp³-hybridized carbons (Fsp3) is 0.161. The van der Waals surface area contributed by atoms with Crippen molar-refractivity contribution in [1.82, 2.24) is 4.98 Å². The number of anilines is 1. The third-order valence-electron chi connectivity index (χ3n) is 6.84. The second-order valence-electron chi connectivity index (χ2n) is 9.72. The topological polar surface area (TPSA) is 149 Å². The number of rotatable bonds is 8. The number of amides is 1. The van der Waals surface area contributed by atoms with E-state index in [-0.39, 0.29) is 32.5 Å². The number of nitro benzene ring substituents is 1. The van der Waals surface area contributed by atoms with Crippen LogP contribution in [0.15, 0.2) is 78.4 Å². The van der Waals surface area contributed by atoms with E-state index in [1.165, 1.54) is 31.4 Å². The zero-order chi connectivity index (χ0) is 30.8. The third-order valence-corrected chi connectivity index (χ3v) is 7.98. The molecule has 0 spiro atoms. The number of aryl methyl sites for hydroxylation is 2. The first-order chi connectivity index (χ1) is 20.6. The van der Waals surface area contributed by atoms with Crippen molar-refractivity contribution in [3.63, 3.8) is 0 Å². The van der Waals surface area contributed by atoms with Gasteiger partial charge in [-0.3, -0.25) is 24.6 Å². The molecule has 1 fully saturated rings. The van der Waals surface area contributed by atoms with Crippen LogP contribution in [0, 0.1) is 24.0 Å². The van der Waals surface area contributed by atoms with E-state index in [0.29, 0.717) is 17.9 Å². The average Bonchev–Trinajstić information content (AvgIpc) is 3.51. The van der Waals surface area contributed by atoms with Crippen molar-refractivity contribution in [1.29, 1.82) is 0 Å². The number of carbonyl (C=O) groups excluding carboxylic acids is 3.